The fourth-order valence-electron chi connectivity index (χ4n) is 12.3. The molecular weight excluding hydrogens is 864 g/mol. The monoisotopic (exact) mass is 971 g/mol. The third kappa shape index (κ3) is 32.5. The lowest BCUT2D eigenvalue weighted by Crippen LogP contribution is -2.27. The SMILES string of the molecule is CC(CCCCl)CC(C)CC(C)CC(C)CC(C)CC(C)CCCC(OCc1ccccc1)OC(CCCC(C)CC(C)CC(C)CC(C)CC(C)CC(C)CCCCl)OCc1ccccc1. The number of halogens is 2. The van der Waals surface area contributed by atoms with E-state index in [1.54, 1.807) is 0 Å². The zero-order chi connectivity index (χ0) is 49.4. The van der Waals surface area contributed by atoms with Gasteiger partial charge >= 0.3 is 0 Å². The average molecular weight is 972 g/mol. The largest absolute Gasteiger partial charge is 0.348 e. The third-order valence-electron chi connectivity index (χ3n) is 14.8. The molecule has 0 saturated carbocycles. The second kappa shape index (κ2) is 37.6. The highest BCUT2D eigenvalue weighted by atomic mass is 35.5. The Balaban J connectivity index is 1.92. The Kier molecular flexibility index (Phi) is 34.8. The van der Waals surface area contributed by atoms with Crippen molar-refractivity contribution in [1.29, 1.82) is 0 Å². The molecule has 0 fully saturated rings. The van der Waals surface area contributed by atoms with Gasteiger partial charge < -0.3 is 14.2 Å². The molecule has 0 spiro atoms. The van der Waals surface area contributed by atoms with Crippen LogP contribution in [-0.4, -0.2) is 24.3 Å². The maximum Gasteiger partial charge on any atom is 0.161 e. The number of benzene rings is 2. The lowest BCUT2D eigenvalue weighted by molar-refractivity contribution is -0.257. The molecule has 3 nitrogen and oxygen atoms in total. The smallest absolute Gasteiger partial charge is 0.161 e. The summed E-state index contributed by atoms with van der Waals surface area (Å²) in [7, 11) is 0. The highest BCUT2D eigenvalue weighted by molar-refractivity contribution is 6.18. The lowest BCUT2D eigenvalue weighted by atomic mass is 9.81. The summed E-state index contributed by atoms with van der Waals surface area (Å²) in [5.74, 6) is 10.7. The van der Waals surface area contributed by atoms with Crippen LogP contribution in [0.5, 0.6) is 0 Å². The van der Waals surface area contributed by atoms with Crippen molar-refractivity contribution >= 4 is 23.2 Å². The van der Waals surface area contributed by atoms with Gasteiger partial charge in [-0.3, -0.25) is 0 Å². The van der Waals surface area contributed by atoms with Crippen LogP contribution in [0.2, 0.25) is 0 Å². The van der Waals surface area contributed by atoms with E-state index < -0.39 is 0 Å². The zero-order valence-electron chi connectivity index (χ0n) is 45.8. The van der Waals surface area contributed by atoms with Crippen LogP contribution in [0.25, 0.3) is 0 Å². The second-order valence-electron chi connectivity index (χ2n) is 23.7. The van der Waals surface area contributed by atoms with Crippen molar-refractivity contribution in [2.45, 2.75) is 237 Å². The normalized spacial score (nSPS) is 18.5. The topological polar surface area (TPSA) is 27.7 Å². The van der Waals surface area contributed by atoms with E-state index in [1.165, 1.54) is 101 Å². The van der Waals surface area contributed by atoms with Gasteiger partial charge in [0.2, 0.25) is 0 Å². The lowest BCUT2D eigenvalue weighted by Gasteiger charge is -2.27. The third-order valence-corrected chi connectivity index (χ3v) is 15.4. The summed E-state index contributed by atoms with van der Waals surface area (Å²) >= 11 is 11.9. The molecule has 0 radical (unpaired) electrons. The molecule has 0 bridgehead atoms. The molecule has 0 aliphatic rings. The Morgan fingerprint density at radius 3 is 0.806 bits per heavy atom. The molecule has 0 aliphatic carbocycles. The molecule has 14 unspecified atom stereocenters. The van der Waals surface area contributed by atoms with Crippen LogP contribution in [-0.2, 0) is 27.4 Å². The molecule has 5 heteroatoms. The van der Waals surface area contributed by atoms with Crippen molar-refractivity contribution in [1.82, 2.24) is 0 Å². The van der Waals surface area contributed by atoms with Crippen molar-refractivity contribution in [3.63, 3.8) is 0 Å². The van der Waals surface area contributed by atoms with Crippen LogP contribution in [0.3, 0.4) is 0 Å². The maximum atomic E-state index is 6.88. The number of alkyl halides is 2. The molecule has 0 aliphatic heterocycles. The van der Waals surface area contributed by atoms with Gasteiger partial charge in [-0.1, -0.05) is 157 Å². The zero-order valence-corrected chi connectivity index (χ0v) is 47.3. The van der Waals surface area contributed by atoms with Gasteiger partial charge in [-0.15, -0.1) is 23.2 Å². The number of hydrogen-bond acceptors (Lipinski definition) is 3. The summed E-state index contributed by atoms with van der Waals surface area (Å²) in [6, 6.07) is 21.1. The fraction of sp³-hybridized carbons (Fsp3) is 0.806. The van der Waals surface area contributed by atoms with Gasteiger partial charge in [-0.2, -0.15) is 0 Å². The van der Waals surface area contributed by atoms with Crippen molar-refractivity contribution in [2.24, 2.45) is 71.0 Å². The molecule has 14 atom stereocenters. The first-order valence-electron chi connectivity index (χ1n) is 28.1. The summed E-state index contributed by atoms with van der Waals surface area (Å²) in [5, 5.41) is 0. The van der Waals surface area contributed by atoms with Crippen LogP contribution in [0.1, 0.15) is 223 Å². The summed E-state index contributed by atoms with van der Waals surface area (Å²) in [6.45, 7) is 30.7. The number of rotatable bonds is 42. The number of hydrogen-bond donors (Lipinski definition) is 0. The quantitative estimate of drug-likeness (QED) is 0.0490. The molecule has 0 amide bonds. The van der Waals surface area contributed by atoms with Gasteiger partial charge in [0.15, 0.2) is 12.6 Å². The molecule has 0 saturated heterocycles. The Morgan fingerprint density at radius 1 is 0.313 bits per heavy atom. The Labute approximate surface area is 427 Å². The van der Waals surface area contributed by atoms with Crippen molar-refractivity contribution < 1.29 is 14.2 Å². The molecule has 0 heterocycles. The summed E-state index contributed by atoms with van der Waals surface area (Å²) < 4.78 is 20.1. The maximum absolute atomic E-state index is 6.88. The predicted molar refractivity (Wildman–Crippen MR) is 295 cm³/mol. The summed E-state index contributed by atoms with van der Waals surface area (Å²) in [5.41, 5.74) is 2.36. The van der Waals surface area contributed by atoms with E-state index in [1.807, 2.05) is 0 Å². The first-order chi connectivity index (χ1) is 32.0. The van der Waals surface area contributed by atoms with Crippen LogP contribution >= 0.6 is 23.2 Å². The van der Waals surface area contributed by atoms with Crippen LogP contribution in [0.4, 0.5) is 0 Å². The second-order valence-corrected chi connectivity index (χ2v) is 24.5. The minimum Gasteiger partial charge on any atom is -0.348 e. The van der Waals surface area contributed by atoms with Crippen molar-refractivity contribution in [3.05, 3.63) is 71.8 Å². The van der Waals surface area contributed by atoms with Crippen molar-refractivity contribution in [2.75, 3.05) is 11.8 Å². The highest BCUT2D eigenvalue weighted by Gasteiger charge is 2.23. The molecule has 67 heavy (non-hydrogen) atoms. The summed E-state index contributed by atoms with van der Waals surface area (Å²) in [6.07, 6.45) is 23.8. The van der Waals surface area contributed by atoms with Crippen molar-refractivity contribution in [3.8, 4) is 0 Å². The first kappa shape index (κ1) is 62.0. The molecule has 2 rings (SSSR count). The Bertz CT molecular complexity index is 1300. The van der Waals surface area contributed by atoms with Gasteiger partial charge in [0, 0.05) is 11.8 Å². The van der Waals surface area contributed by atoms with Crippen LogP contribution < -0.4 is 0 Å². The fourth-order valence-corrected chi connectivity index (χ4v) is 12.6. The molecule has 2 aromatic rings. The molecular formula is C62H108Cl2O3. The first-order valence-corrected chi connectivity index (χ1v) is 29.2. The van der Waals surface area contributed by atoms with Crippen LogP contribution in [0.15, 0.2) is 60.7 Å². The van der Waals surface area contributed by atoms with Crippen LogP contribution in [0, 0.1) is 71.0 Å². The van der Waals surface area contributed by atoms with Gasteiger partial charge in [-0.05, 0) is 198 Å². The van der Waals surface area contributed by atoms with E-state index in [0.717, 1.165) is 109 Å². The Hall–Kier alpha value is -1.10. The average Bonchev–Trinajstić information content (AvgIpc) is 3.25. The minimum absolute atomic E-state index is 0.304. The molecule has 0 aromatic heterocycles. The number of ether oxygens (including phenoxy) is 3. The van der Waals surface area contributed by atoms with Gasteiger partial charge in [0.25, 0.3) is 0 Å². The van der Waals surface area contributed by atoms with E-state index >= 15 is 0 Å². The molecule has 388 valence electrons. The molecule has 0 N–H and O–H groups in total. The summed E-state index contributed by atoms with van der Waals surface area (Å²) in [4.78, 5) is 0. The Morgan fingerprint density at radius 2 is 0.552 bits per heavy atom. The van der Waals surface area contributed by atoms with E-state index in [2.05, 4.69) is 144 Å². The van der Waals surface area contributed by atoms with E-state index in [4.69, 9.17) is 37.4 Å². The van der Waals surface area contributed by atoms with Gasteiger partial charge in [0.1, 0.15) is 0 Å². The van der Waals surface area contributed by atoms with E-state index in [0.29, 0.717) is 25.0 Å². The van der Waals surface area contributed by atoms with Gasteiger partial charge in [-0.25, -0.2) is 0 Å². The van der Waals surface area contributed by atoms with Gasteiger partial charge in [0.05, 0.1) is 13.2 Å². The highest BCUT2D eigenvalue weighted by Crippen LogP contribution is 2.32. The standard InChI is InChI=1S/C62H108Cl2O3/c1-47(35-51(5)39-55(9)43-57(11)41-53(7)37-49(3)25-21-33-63)23-19-31-61(65-45-59-27-15-13-16-28-59)67-62(66-46-60-29-17-14-18-30-60)32-20-24-48(2)36-52(6)40-56(10)44-58(12)42-54(8)38-50(4)26-22-34-64/h13-18,27-30,47-58,61-62H,19-26,31-46H2,1-12H3. The van der Waals surface area contributed by atoms with E-state index in [-0.39, 0.29) is 12.6 Å². The predicted octanol–water partition coefficient (Wildman–Crippen LogP) is 20.0. The van der Waals surface area contributed by atoms with E-state index in [9.17, 15) is 0 Å². The molecule has 2 aromatic carbocycles. The minimum atomic E-state index is -0.304.